The summed E-state index contributed by atoms with van der Waals surface area (Å²) < 4.78 is 5.85. The van der Waals surface area contributed by atoms with E-state index in [9.17, 15) is 9.59 Å². The molecule has 3 aromatic rings. The molecule has 2 aromatic carbocycles. The first-order chi connectivity index (χ1) is 13.3. The summed E-state index contributed by atoms with van der Waals surface area (Å²) in [6.07, 6.45) is 2.72. The van der Waals surface area contributed by atoms with Gasteiger partial charge in [0.1, 0.15) is 6.26 Å². The van der Waals surface area contributed by atoms with Crippen LogP contribution in [0.3, 0.4) is 0 Å². The van der Waals surface area contributed by atoms with E-state index in [0.717, 1.165) is 11.8 Å². The Kier molecular flexibility index (Phi) is 5.24. The van der Waals surface area contributed by atoms with Gasteiger partial charge in [-0.25, -0.2) is 0 Å². The highest BCUT2D eigenvalue weighted by Crippen LogP contribution is 2.36. The third kappa shape index (κ3) is 3.47. The highest BCUT2D eigenvalue weighted by atomic mass is 35.5. The summed E-state index contributed by atoms with van der Waals surface area (Å²) >= 11 is 24.4. The van der Waals surface area contributed by atoms with Crippen molar-refractivity contribution < 1.29 is 9.21 Å². The average molecular weight is 469 g/mol. The van der Waals surface area contributed by atoms with Crippen molar-refractivity contribution in [1.82, 2.24) is 0 Å². The molecule has 1 aromatic heterocycles. The number of benzene rings is 2. The molecule has 4 rings (SSSR count). The molecule has 1 saturated heterocycles. The number of thioether (sulfide) groups is 1. The van der Waals surface area contributed by atoms with Crippen LogP contribution in [0, 0.1) is 0 Å². The Morgan fingerprint density at radius 3 is 2.46 bits per heavy atom. The van der Waals surface area contributed by atoms with Crippen LogP contribution in [0.15, 0.2) is 56.8 Å². The van der Waals surface area contributed by atoms with E-state index >= 15 is 0 Å². The molecule has 0 bridgehead atoms. The fraction of sp³-hybridized carbons (Fsp3) is 0. The second-order valence-electron chi connectivity index (χ2n) is 5.78. The van der Waals surface area contributed by atoms with Crippen molar-refractivity contribution in [3.05, 3.63) is 78.4 Å². The molecule has 9 heteroatoms. The van der Waals surface area contributed by atoms with Crippen LogP contribution in [0.1, 0.15) is 5.56 Å². The minimum Gasteiger partial charge on any atom is -0.462 e. The predicted octanol–water partition coefficient (Wildman–Crippen LogP) is 6.16. The number of anilines is 1. The number of thiocarbonyl (C=S) groups is 1. The smallest absolute Gasteiger partial charge is 0.270 e. The van der Waals surface area contributed by atoms with Crippen LogP contribution in [-0.4, -0.2) is 10.2 Å². The van der Waals surface area contributed by atoms with Crippen molar-refractivity contribution in [1.29, 1.82) is 0 Å². The molecule has 0 atom stereocenters. The van der Waals surface area contributed by atoms with E-state index in [2.05, 4.69) is 0 Å². The molecule has 4 nitrogen and oxygen atoms in total. The monoisotopic (exact) mass is 467 g/mol. The molecule has 2 heterocycles. The fourth-order valence-corrected chi connectivity index (χ4v) is 4.66. The normalized spacial score (nSPS) is 15.8. The summed E-state index contributed by atoms with van der Waals surface area (Å²) in [7, 11) is 0. The van der Waals surface area contributed by atoms with E-state index in [1.165, 1.54) is 29.4 Å². The third-order valence-corrected chi connectivity index (χ3v) is 6.04. The third-order valence-electron chi connectivity index (χ3n) is 3.98. The van der Waals surface area contributed by atoms with Crippen LogP contribution in [0.4, 0.5) is 5.69 Å². The Labute approximate surface area is 183 Å². The number of rotatable bonds is 2. The summed E-state index contributed by atoms with van der Waals surface area (Å²) in [6.45, 7) is 0. The number of amides is 1. The van der Waals surface area contributed by atoms with Gasteiger partial charge < -0.3 is 4.42 Å². The molecule has 1 aliphatic heterocycles. The number of halogens is 3. The van der Waals surface area contributed by atoms with Crippen molar-refractivity contribution in [3.8, 4) is 0 Å². The standard InChI is InChI=1S/C19H8Cl3NO3S2/c20-10-1-3-12(4-2-10)23-18(25)15(28-19(23)27)5-9-8-26-17-13(16(9)24)6-11(21)7-14(17)22/h1-8H/b15-5+. The summed E-state index contributed by atoms with van der Waals surface area (Å²) in [4.78, 5) is 27.3. The molecule has 1 aliphatic rings. The minimum atomic E-state index is -0.345. The van der Waals surface area contributed by atoms with Crippen LogP contribution in [0.5, 0.6) is 0 Å². The van der Waals surface area contributed by atoms with E-state index in [0.29, 0.717) is 25.0 Å². The second-order valence-corrected chi connectivity index (χ2v) is 8.73. The first kappa shape index (κ1) is 19.5. The van der Waals surface area contributed by atoms with Crippen molar-refractivity contribution in [2.24, 2.45) is 0 Å². The predicted molar refractivity (Wildman–Crippen MR) is 120 cm³/mol. The number of carbonyl (C=O) groups excluding carboxylic acids is 1. The van der Waals surface area contributed by atoms with Gasteiger partial charge >= 0.3 is 0 Å². The Morgan fingerprint density at radius 1 is 1.04 bits per heavy atom. The maximum atomic E-state index is 12.8. The van der Waals surface area contributed by atoms with Crippen molar-refractivity contribution in [2.75, 3.05) is 4.90 Å². The Hall–Kier alpha value is -1.83. The molecule has 0 unspecified atom stereocenters. The molecule has 1 fully saturated rings. The summed E-state index contributed by atoms with van der Waals surface area (Å²) in [5, 5.41) is 1.34. The van der Waals surface area contributed by atoms with Gasteiger partial charge in [-0.3, -0.25) is 14.5 Å². The maximum Gasteiger partial charge on any atom is 0.270 e. The quantitative estimate of drug-likeness (QED) is 0.333. The molecule has 28 heavy (non-hydrogen) atoms. The van der Waals surface area contributed by atoms with E-state index < -0.39 is 0 Å². The molecule has 0 saturated carbocycles. The van der Waals surface area contributed by atoms with Crippen LogP contribution in [0.25, 0.3) is 17.0 Å². The van der Waals surface area contributed by atoms with E-state index in [4.69, 9.17) is 51.4 Å². The first-order valence-electron chi connectivity index (χ1n) is 7.79. The number of carbonyl (C=O) groups is 1. The van der Waals surface area contributed by atoms with Gasteiger partial charge in [-0.1, -0.05) is 58.8 Å². The van der Waals surface area contributed by atoms with E-state index in [1.54, 1.807) is 24.3 Å². The van der Waals surface area contributed by atoms with Crippen LogP contribution in [-0.2, 0) is 4.79 Å². The molecule has 0 radical (unpaired) electrons. The highest BCUT2D eigenvalue weighted by molar-refractivity contribution is 8.27. The zero-order valence-electron chi connectivity index (χ0n) is 13.7. The fourth-order valence-electron chi connectivity index (χ4n) is 2.70. The second kappa shape index (κ2) is 7.54. The molecular formula is C19H8Cl3NO3S2. The van der Waals surface area contributed by atoms with Gasteiger partial charge in [0, 0.05) is 10.0 Å². The lowest BCUT2D eigenvalue weighted by Gasteiger charge is -2.14. The lowest BCUT2D eigenvalue weighted by atomic mass is 10.1. The SMILES string of the molecule is O=C1/C(=C\c2coc3c(Cl)cc(Cl)cc3c2=O)SC(=S)N1c1ccc(Cl)cc1. The van der Waals surface area contributed by atoms with Crippen molar-refractivity contribution in [3.63, 3.8) is 0 Å². The molecule has 0 aliphatic carbocycles. The van der Waals surface area contributed by atoms with Crippen molar-refractivity contribution >= 4 is 91.7 Å². The molecule has 140 valence electrons. The van der Waals surface area contributed by atoms with Gasteiger partial charge in [0.2, 0.25) is 0 Å². The van der Waals surface area contributed by atoms with Gasteiger partial charge in [0.05, 0.1) is 26.6 Å². The van der Waals surface area contributed by atoms with E-state index in [-0.39, 0.29) is 32.9 Å². The summed E-state index contributed by atoms with van der Waals surface area (Å²) in [5.41, 5.74) is 0.686. The maximum absolute atomic E-state index is 12.8. The molecule has 0 N–H and O–H groups in total. The molecule has 1 amide bonds. The number of nitrogens with zero attached hydrogens (tertiary/aromatic N) is 1. The molecular weight excluding hydrogens is 461 g/mol. The zero-order chi connectivity index (χ0) is 20.0. The summed E-state index contributed by atoms with van der Waals surface area (Å²) in [5.74, 6) is -0.332. The van der Waals surface area contributed by atoms with Gasteiger partial charge in [-0.15, -0.1) is 0 Å². The van der Waals surface area contributed by atoms with Gasteiger partial charge in [-0.05, 0) is 42.5 Å². The van der Waals surface area contributed by atoms with Crippen LogP contribution < -0.4 is 10.3 Å². The van der Waals surface area contributed by atoms with Crippen LogP contribution >= 0.6 is 58.8 Å². The summed E-state index contributed by atoms with van der Waals surface area (Å²) in [6, 6.07) is 9.71. The number of fused-ring (bicyclic) bond motifs is 1. The lowest BCUT2D eigenvalue weighted by molar-refractivity contribution is -0.113. The first-order valence-corrected chi connectivity index (χ1v) is 10.1. The topological polar surface area (TPSA) is 50.5 Å². The number of hydrogen-bond donors (Lipinski definition) is 0. The van der Waals surface area contributed by atoms with E-state index in [1.807, 2.05) is 0 Å². The minimum absolute atomic E-state index is 0.197. The highest BCUT2D eigenvalue weighted by Gasteiger charge is 2.33. The zero-order valence-corrected chi connectivity index (χ0v) is 17.6. The Bertz CT molecular complexity index is 1240. The molecule has 0 spiro atoms. The largest absolute Gasteiger partial charge is 0.462 e. The van der Waals surface area contributed by atoms with Gasteiger partial charge in [0.25, 0.3) is 5.91 Å². The van der Waals surface area contributed by atoms with Crippen LogP contribution in [0.2, 0.25) is 15.1 Å². The van der Waals surface area contributed by atoms with Crippen molar-refractivity contribution in [2.45, 2.75) is 0 Å². The number of hydrogen-bond acceptors (Lipinski definition) is 5. The average Bonchev–Trinajstić information content (AvgIpc) is 2.92. The Morgan fingerprint density at radius 2 is 1.75 bits per heavy atom. The Balaban J connectivity index is 1.76. The van der Waals surface area contributed by atoms with Gasteiger partial charge in [-0.2, -0.15) is 0 Å². The van der Waals surface area contributed by atoms with Gasteiger partial charge in [0.15, 0.2) is 15.3 Å². The lowest BCUT2D eigenvalue weighted by Crippen LogP contribution is -2.27.